The molecule has 0 fully saturated rings. The molecule has 0 aliphatic rings. The lowest BCUT2D eigenvalue weighted by Crippen LogP contribution is -1.91. The second-order valence-corrected chi connectivity index (χ2v) is 4.41. The first-order valence-electron chi connectivity index (χ1n) is 6.09. The summed E-state index contributed by atoms with van der Waals surface area (Å²) in [7, 11) is 1.71. The lowest BCUT2D eigenvalue weighted by atomic mass is 10.0. The van der Waals surface area contributed by atoms with Crippen molar-refractivity contribution in [1.29, 1.82) is 0 Å². The summed E-state index contributed by atoms with van der Waals surface area (Å²) in [6, 6.07) is 14.5. The van der Waals surface area contributed by atoms with E-state index in [0.29, 0.717) is 0 Å². The fraction of sp³-hybridized carbons (Fsp3) is 0.176. The normalized spacial score (nSPS) is 10.8. The molecule has 0 saturated carbocycles. The van der Waals surface area contributed by atoms with E-state index in [9.17, 15) is 0 Å². The highest BCUT2D eigenvalue weighted by molar-refractivity contribution is 5.71. The van der Waals surface area contributed by atoms with Crippen LogP contribution >= 0.6 is 0 Å². The SMILES string of the molecule is COc1cc(/C=C/c2ccccc2)cc(C)c1C. The van der Waals surface area contributed by atoms with Gasteiger partial charge in [-0.1, -0.05) is 48.6 Å². The summed E-state index contributed by atoms with van der Waals surface area (Å²) in [5.41, 5.74) is 4.82. The van der Waals surface area contributed by atoms with Crippen molar-refractivity contribution in [1.82, 2.24) is 0 Å². The van der Waals surface area contributed by atoms with Gasteiger partial charge in [0.1, 0.15) is 5.75 Å². The second-order valence-electron chi connectivity index (χ2n) is 4.41. The Labute approximate surface area is 109 Å². The minimum atomic E-state index is 0.947. The minimum absolute atomic E-state index is 0.947. The molecule has 92 valence electrons. The molecule has 0 radical (unpaired) electrons. The molecule has 0 spiro atoms. The van der Waals surface area contributed by atoms with Crippen LogP contribution in [0.4, 0.5) is 0 Å². The number of methoxy groups -OCH3 is 1. The van der Waals surface area contributed by atoms with Crippen LogP contribution in [0.5, 0.6) is 5.75 Å². The van der Waals surface area contributed by atoms with Crippen LogP contribution in [0.25, 0.3) is 12.2 Å². The lowest BCUT2D eigenvalue weighted by molar-refractivity contribution is 0.411. The van der Waals surface area contributed by atoms with Gasteiger partial charge >= 0.3 is 0 Å². The van der Waals surface area contributed by atoms with E-state index in [2.05, 4.69) is 50.3 Å². The van der Waals surface area contributed by atoms with Crippen LogP contribution in [0.1, 0.15) is 22.3 Å². The topological polar surface area (TPSA) is 9.23 Å². The van der Waals surface area contributed by atoms with Gasteiger partial charge in [0.05, 0.1) is 7.11 Å². The molecular weight excluding hydrogens is 220 g/mol. The van der Waals surface area contributed by atoms with Crippen molar-refractivity contribution < 1.29 is 4.74 Å². The number of hydrogen-bond acceptors (Lipinski definition) is 1. The maximum absolute atomic E-state index is 5.38. The van der Waals surface area contributed by atoms with E-state index in [1.54, 1.807) is 7.11 Å². The first-order chi connectivity index (χ1) is 8.70. The minimum Gasteiger partial charge on any atom is -0.496 e. The van der Waals surface area contributed by atoms with E-state index in [1.807, 2.05) is 18.2 Å². The quantitative estimate of drug-likeness (QED) is 0.716. The molecule has 0 bridgehead atoms. The summed E-state index contributed by atoms with van der Waals surface area (Å²) in [5, 5.41) is 0. The van der Waals surface area contributed by atoms with Crippen molar-refractivity contribution in [2.45, 2.75) is 13.8 Å². The average Bonchev–Trinajstić information content (AvgIpc) is 2.41. The highest BCUT2D eigenvalue weighted by Crippen LogP contribution is 2.24. The van der Waals surface area contributed by atoms with Crippen molar-refractivity contribution in [3.8, 4) is 5.75 Å². The Hall–Kier alpha value is -2.02. The highest BCUT2D eigenvalue weighted by Gasteiger charge is 2.02. The zero-order valence-corrected chi connectivity index (χ0v) is 11.1. The van der Waals surface area contributed by atoms with Crippen molar-refractivity contribution in [3.05, 3.63) is 64.7 Å². The van der Waals surface area contributed by atoms with E-state index < -0.39 is 0 Å². The van der Waals surface area contributed by atoms with E-state index in [0.717, 1.165) is 5.75 Å². The summed E-state index contributed by atoms with van der Waals surface area (Å²) in [5.74, 6) is 0.947. The Morgan fingerprint density at radius 1 is 0.889 bits per heavy atom. The molecule has 2 aromatic carbocycles. The number of ether oxygens (including phenoxy) is 1. The van der Waals surface area contributed by atoms with Crippen LogP contribution in [-0.4, -0.2) is 7.11 Å². The Bertz CT molecular complexity index is 553. The van der Waals surface area contributed by atoms with Gasteiger partial charge in [-0.25, -0.2) is 0 Å². The molecule has 0 heterocycles. The lowest BCUT2D eigenvalue weighted by Gasteiger charge is -2.08. The van der Waals surface area contributed by atoms with Crippen LogP contribution in [0, 0.1) is 13.8 Å². The Morgan fingerprint density at radius 2 is 1.56 bits per heavy atom. The van der Waals surface area contributed by atoms with Crippen LogP contribution in [-0.2, 0) is 0 Å². The highest BCUT2D eigenvalue weighted by atomic mass is 16.5. The molecule has 0 aliphatic carbocycles. The number of benzene rings is 2. The second kappa shape index (κ2) is 5.54. The van der Waals surface area contributed by atoms with E-state index in [4.69, 9.17) is 4.74 Å². The maximum Gasteiger partial charge on any atom is 0.122 e. The van der Waals surface area contributed by atoms with Crippen LogP contribution < -0.4 is 4.74 Å². The smallest absolute Gasteiger partial charge is 0.122 e. The third kappa shape index (κ3) is 2.80. The van der Waals surface area contributed by atoms with Crippen molar-refractivity contribution >= 4 is 12.2 Å². The largest absolute Gasteiger partial charge is 0.496 e. The third-order valence-electron chi connectivity index (χ3n) is 3.13. The molecular formula is C17H18O. The number of aryl methyl sites for hydroxylation is 1. The predicted molar refractivity (Wildman–Crippen MR) is 77.8 cm³/mol. The molecule has 0 amide bonds. The van der Waals surface area contributed by atoms with E-state index in [-0.39, 0.29) is 0 Å². The van der Waals surface area contributed by atoms with Gasteiger partial charge in [-0.05, 0) is 42.2 Å². The number of rotatable bonds is 3. The number of hydrogen-bond donors (Lipinski definition) is 0. The summed E-state index contributed by atoms with van der Waals surface area (Å²) in [6.45, 7) is 4.19. The zero-order valence-electron chi connectivity index (χ0n) is 11.1. The van der Waals surface area contributed by atoms with Crippen LogP contribution in [0.2, 0.25) is 0 Å². The predicted octanol–water partition coefficient (Wildman–Crippen LogP) is 4.48. The molecule has 0 atom stereocenters. The first kappa shape index (κ1) is 12.4. The molecule has 18 heavy (non-hydrogen) atoms. The van der Waals surface area contributed by atoms with Gasteiger partial charge < -0.3 is 4.74 Å². The fourth-order valence-electron chi connectivity index (χ4n) is 1.92. The monoisotopic (exact) mass is 238 g/mol. The van der Waals surface area contributed by atoms with E-state index >= 15 is 0 Å². The summed E-state index contributed by atoms with van der Waals surface area (Å²) in [6.07, 6.45) is 4.23. The van der Waals surface area contributed by atoms with Crippen molar-refractivity contribution in [3.63, 3.8) is 0 Å². The maximum atomic E-state index is 5.38. The van der Waals surface area contributed by atoms with Gasteiger partial charge in [0.25, 0.3) is 0 Å². The Kier molecular flexibility index (Phi) is 3.83. The summed E-state index contributed by atoms with van der Waals surface area (Å²) in [4.78, 5) is 0. The Morgan fingerprint density at radius 3 is 2.22 bits per heavy atom. The third-order valence-corrected chi connectivity index (χ3v) is 3.13. The summed E-state index contributed by atoms with van der Waals surface area (Å²) >= 11 is 0. The van der Waals surface area contributed by atoms with E-state index in [1.165, 1.54) is 22.3 Å². The Balaban J connectivity index is 2.30. The molecule has 0 aliphatic heterocycles. The molecule has 2 aromatic rings. The molecule has 0 aromatic heterocycles. The van der Waals surface area contributed by atoms with Gasteiger partial charge in [-0.15, -0.1) is 0 Å². The molecule has 0 saturated heterocycles. The van der Waals surface area contributed by atoms with Gasteiger partial charge in [0.2, 0.25) is 0 Å². The molecule has 2 rings (SSSR count). The van der Waals surface area contributed by atoms with Crippen LogP contribution in [0.15, 0.2) is 42.5 Å². The van der Waals surface area contributed by atoms with Gasteiger partial charge in [0.15, 0.2) is 0 Å². The van der Waals surface area contributed by atoms with Gasteiger partial charge in [-0.2, -0.15) is 0 Å². The van der Waals surface area contributed by atoms with Crippen molar-refractivity contribution in [2.24, 2.45) is 0 Å². The van der Waals surface area contributed by atoms with Crippen LogP contribution in [0.3, 0.4) is 0 Å². The summed E-state index contributed by atoms with van der Waals surface area (Å²) < 4.78 is 5.38. The molecule has 1 nitrogen and oxygen atoms in total. The average molecular weight is 238 g/mol. The van der Waals surface area contributed by atoms with Gasteiger partial charge in [0, 0.05) is 0 Å². The van der Waals surface area contributed by atoms with Gasteiger partial charge in [-0.3, -0.25) is 0 Å². The van der Waals surface area contributed by atoms with Crippen molar-refractivity contribution in [2.75, 3.05) is 7.11 Å². The zero-order chi connectivity index (χ0) is 13.0. The molecule has 0 unspecified atom stereocenters. The molecule has 0 N–H and O–H groups in total. The standard InChI is InChI=1S/C17H18O/c1-13-11-16(12-17(18-3)14(13)2)10-9-15-7-5-4-6-8-15/h4-12H,1-3H3/b10-9+. The fourth-order valence-corrected chi connectivity index (χ4v) is 1.92. The first-order valence-corrected chi connectivity index (χ1v) is 6.09. The molecule has 1 heteroatoms.